The number of methoxy groups -OCH3 is 1. The highest BCUT2D eigenvalue weighted by molar-refractivity contribution is 5.96. The molecule has 2 aliphatic rings. The summed E-state index contributed by atoms with van der Waals surface area (Å²) in [5.74, 6) is -0.224. The van der Waals surface area contributed by atoms with E-state index in [1.165, 1.54) is 7.11 Å². The molecular weight excluding hydrogens is 274 g/mol. The topological polar surface area (TPSA) is 65.8 Å². The minimum atomic E-state index is -0.526. The fourth-order valence-electron chi connectivity index (χ4n) is 2.76. The first-order valence-electron chi connectivity index (χ1n) is 6.99. The van der Waals surface area contributed by atoms with Gasteiger partial charge in [0.15, 0.2) is 5.79 Å². The van der Waals surface area contributed by atoms with Crippen LogP contribution in [0, 0.1) is 5.41 Å². The summed E-state index contributed by atoms with van der Waals surface area (Å²) < 4.78 is 18.1. The highest BCUT2D eigenvalue weighted by Crippen LogP contribution is 2.38. The van der Waals surface area contributed by atoms with Crippen LogP contribution in [-0.4, -0.2) is 59.8 Å². The average molecular weight is 295 g/mol. The van der Waals surface area contributed by atoms with E-state index in [4.69, 9.17) is 14.2 Å². The zero-order valence-corrected chi connectivity index (χ0v) is 12.9. The molecule has 0 aromatic carbocycles. The molecule has 0 saturated carbocycles. The second kappa shape index (κ2) is 4.71. The van der Waals surface area contributed by atoms with Gasteiger partial charge in [0, 0.05) is 26.3 Å². The monoisotopic (exact) mass is 295 g/mol. The van der Waals surface area contributed by atoms with E-state index in [1.807, 2.05) is 13.8 Å². The third-order valence-electron chi connectivity index (χ3n) is 4.01. The van der Waals surface area contributed by atoms with Gasteiger partial charge in [-0.3, -0.25) is 9.48 Å². The van der Waals surface area contributed by atoms with Gasteiger partial charge in [-0.15, -0.1) is 5.10 Å². The third kappa shape index (κ3) is 2.51. The van der Waals surface area contributed by atoms with Crippen LogP contribution < -0.4 is 4.74 Å². The lowest BCUT2D eigenvalue weighted by Crippen LogP contribution is -2.65. The fraction of sp³-hybridized carbons (Fsp3) is 0.714. The van der Waals surface area contributed by atoms with E-state index in [0.29, 0.717) is 37.7 Å². The van der Waals surface area contributed by atoms with Gasteiger partial charge in [-0.1, -0.05) is 0 Å². The number of likely N-dealkylation sites (tertiary alicyclic amines) is 1. The van der Waals surface area contributed by atoms with Crippen molar-refractivity contribution in [2.45, 2.75) is 19.6 Å². The van der Waals surface area contributed by atoms with Crippen LogP contribution in [0.15, 0.2) is 6.20 Å². The number of amides is 1. The Hall–Kier alpha value is -1.60. The zero-order chi connectivity index (χ0) is 15.3. The van der Waals surface area contributed by atoms with Crippen molar-refractivity contribution in [1.29, 1.82) is 0 Å². The molecule has 0 radical (unpaired) electrons. The Kier molecular flexibility index (Phi) is 3.22. The number of nitrogens with zero attached hydrogens (tertiary/aromatic N) is 3. The third-order valence-corrected chi connectivity index (χ3v) is 4.01. The van der Waals surface area contributed by atoms with Gasteiger partial charge in [0.05, 0.1) is 25.7 Å². The molecular formula is C14H21N3O4. The highest BCUT2D eigenvalue weighted by atomic mass is 16.7. The first-order chi connectivity index (χ1) is 9.84. The Morgan fingerprint density at radius 2 is 1.95 bits per heavy atom. The van der Waals surface area contributed by atoms with E-state index in [0.717, 1.165) is 0 Å². The summed E-state index contributed by atoms with van der Waals surface area (Å²) in [5.41, 5.74) is 0.425. The maximum atomic E-state index is 12.5. The first-order valence-corrected chi connectivity index (χ1v) is 6.99. The van der Waals surface area contributed by atoms with Crippen molar-refractivity contribution in [1.82, 2.24) is 14.7 Å². The summed E-state index contributed by atoms with van der Waals surface area (Å²) in [5, 5.41) is 4.11. The predicted molar refractivity (Wildman–Crippen MR) is 74.1 cm³/mol. The molecule has 2 saturated heterocycles. The molecule has 0 aliphatic carbocycles. The van der Waals surface area contributed by atoms with Gasteiger partial charge in [-0.05, 0) is 13.8 Å². The molecule has 1 aromatic heterocycles. The number of carbonyl (C=O) groups excluding carboxylic acids is 1. The van der Waals surface area contributed by atoms with Crippen LogP contribution in [-0.2, 0) is 16.5 Å². The fourth-order valence-corrected chi connectivity index (χ4v) is 2.76. The van der Waals surface area contributed by atoms with Crippen molar-refractivity contribution >= 4 is 5.91 Å². The van der Waals surface area contributed by atoms with Crippen molar-refractivity contribution in [2.24, 2.45) is 12.5 Å². The Bertz CT molecular complexity index is 549. The number of hydrogen-bond acceptors (Lipinski definition) is 5. The Morgan fingerprint density at radius 1 is 1.33 bits per heavy atom. The van der Waals surface area contributed by atoms with Crippen LogP contribution in [0.5, 0.6) is 5.88 Å². The molecule has 1 amide bonds. The number of aromatic nitrogens is 2. The molecule has 3 heterocycles. The van der Waals surface area contributed by atoms with Crippen LogP contribution in [0.3, 0.4) is 0 Å². The highest BCUT2D eigenvalue weighted by Gasteiger charge is 2.50. The lowest BCUT2D eigenvalue weighted by atomic mass is 9.80. The van der Waals surface area contributed by atoms with Crippen LogP contribution in [0.1, 0.15) is 24.2 Å². The summed E-state index contributed by atoms with van der Waals surface area (Å²) in [6.07, 6.45) is 1.68. The molecule has 1 aromatic rings. The van der Waals surface area contributed by atoms with Gasteiger partial charge in [0.25, 0.3) is 5.91 Å². The smallest absolute Gasteiger partial charge is 0.261 e. The number of rotatable bonds is 2. The van der Waals surface area contributed by atoms with E-state index in [1.54, 1.807) is 22.8 Å². The molecule has 0 bridgehead atoms. The van der Waals surface area contributed by atoms with Gasteiger partial charge < -0.3 is 19.1 Å². The zero-order valence-electron chi connectivity index (χ0n) is 12.9. The quantitative estimate of drug-likeness (QED) is 0.801. The van der Waals surface area contributed by atoms with Crippen molar-refractivity contribution in [3.05, 3.63) is 11.8 Å². The molecule has 0 atom stereocenters. The molecule has 7 nitrogen and oxygen atoms in total. The summed E-state index contributed by atoms with van der Waals surface area (Å²) in [4.78, 5) is 14.3. The van der Waals surface area contributed by atoms with Crippen molar-refractivity contribution in [3.63, 3.8) is 0 Å². The lowest BCUT2D eigenvalue weighted by Gasteiger charge is -2.53. The average Bonchev–Trinajstić information content (AvgIpc) is 2.77. The summed E-state index contributed by atoms with van der Waals surface area (Å²) in [7, 11) is 3.28. The van der Waals surface area contributed by atoms with Crippen molar-refractivity contribution < 1.29 is 19.0 Å². The molecule has 21 heavy (non-hydrogen) atoms. The van der Waals surface area contributed by atoms with Gasteiger partial charge in [-0.25, -0.2) is 0 Å². The molecule has 7 heteroatoms. The second-order valence-electron chi connectivity index (χ2n) is 6.36. The van der Waals surface area contributed by atoms with Crippen LogP contribution in [0.2, 0.25) is 0 Å². The van der Waals surface area contributed by atoms with Crippen LogP contribution in [0.25, 0.3) is 0 Å². The van der Waals surface area contributed by atoms with E-state index in [2.05, 4.69) is 5.10 Å². The number of carbonyl (C=O) groups is 1. The minimum Gasteiger partial charge on any atom is -0.479 e. The van der Waals surface area contributed by atoms with E-state index in [-0.39, 0.29) is 11.3 Å². The summed E-state index contributed by atoms with van der Waals surface area (Å²) in [6.45, 7) is 6.33. The maximum Gasteiger partial charge on any atom is 0.261 e. The van der Waals surface area contributed by atoms with Gasteiger partial charge >= 0.3 is 0 Å². The molecule has 2 fully saturated rings. The normalized spacial score (nSPS) is 23.0. The molecule has 0 unspecified atom stereocenters. The molecule has 116 valence electrons. The Balaban J connectivity index is 1.65. The van der Waals surface area contributed by atoms with Gasteiger partial charge in [0.2, 0.25) is 5.88 Å². The van der Waals surface area contributed by atoms with E-state index >= 15 is 0 Å². The standard InChI is InChI=1S/C14H21N3O4/c1-13(2)20-8-14(9-21-13)6-17(7-14)12(18)10-5-16(3)15-11(10)19-4/h5H,6-9H2,1-4H3. The molecule has 0 N–H and O–H groups in total. The lowest BCUT2D eigenvalue weighted by molar-refractivity contribution is -0.301. The maximum absolute atomic E-state index is 12.5. The van der Waals surface area contributed by atoms with Gasteiger partial charge in [-0.2, -0.15) is 0 Å². The van der Waals surface area contributed by atoms with Crippen molar-refractivity contribution in [3.8, 4) is 5.88 Å². The second-order valence-corrected chi connectivity index (χ2v) is 6.36. The number of ether oxygens (including phenoxy) is 3. The Labute approximate surface area is 123 Å². The summed E-state index contributed by atoms with van der Waals surface area (Å²) in [6, 6.07) is 0. The predicted octanol–water partition coefficient (Wildman–Crippen LogP) is 0.654. The molecule has 3 rings (SSSR count). The number of hydrogen-bond donors (Lipinski definition) is 0. The number of aryl methyl sites for hydroxylation is 1. The SMILES string of the molecule is COc1nn(C)cc1C(=O)N1CC2(COC(C)(C)OC2)C1. The molecule has 2 aliphatic heterocycles. The first kappa shape index (κ1) is 14.3. The summed E-state index contributed by atoms with van der Waals surface area (Å²) >= 11 is 0. The van der Waals surface area contributed by atoms with E-state index < -0.39 is 5.79 Å². The van der Waals surface area contributed by atoms with E-state index in [9.17, 15) is 4.79 Å². The van der Waals surface area contributed by atoms with Gasteiger partial charge in [0.1, 0.15) is 5.56 Å². The van der Waals surface area contributed by atoms with Crippen LogP contribution in [0.4, 0.5) is 0 Å². The largest absolute Gasteiger partial charge is 0.479 e. The van der Waals surface area contributed by atoms with Crippen molar-refractivity contribution in [2.75, 3.05) is 33.4 Å². The minimum absolute atomic E-state index is 0.0598. The van der Waals surface area contributed by atoms with Crippen LogP contribution >= 0.6 is 0 Å². The molecule has 1 spiro atoms. The Morgan fingerprint density at radius 3 is 2.52 bits per heavy atom.